The van der Waals surface area contributed by atoms with Gasteiger partial charge in [-0.1, -0.05) is 224 Å². The summed E-state index contributed by atoms with van der Waals surface area (Å²) in [6, 6.07) is 88.2. The molecule has 0 amide bonds. The van der Waals surface area contributed by atoms with Crippen LogP contribution in [-0.2, 0) is 0 Å². The summed E-state index contributed by atoms with van der Waals surface area (Å²) in [5, 5.41) is 4.52. The largest absolute Gasteiger partial charge is 0.309 e. The molecule has 0 saturated heterocycles. The number of hydrogen-bond donors (Lipinski definition) is 0. The summed E-state index contributed by atoms with van der Waals surface area (Å²) >= 11 is 0. The molecule has 3 heterocycles. The van der Waals surface area contributed by atoms with Crippen molar-refractivity contribution < 1.29 is 0 Å². The highest BCUT2D eigenvalue weighted by molar-refractivity contribution is 6.26. The van der Waals surface area contributed by atoms with Crippen molar-refractivity contribution in [1.82, 2.24) is 24.1 Å². The highest BCUT2D eigenvalue weighted by Crippen LogP contribution is 2.45. The maximum atomic E-state index is 5.42. The molecule has 0 N–H and O–H groups in total. The van der Waals surface area contributed by atoms with Crippen LogP contribution in [0.2, 0.25) is 0 Å². The molecule has 0 atom stereocenters. The highest BCUT2D eigenvalue weighted by atomic mass is 15.2. The predicted octanol–water partition coefficient (Wildman–Crippen LogP) is 16.1. The van der Waals surface area contributed by atoms with Gasteiger partial charge in [0.2, 0.25) is 5.95 Å². The lowest BCUT2D eigenvalue weighted by Crippen LogP contribution is -2.06. The molecule has 0 spiro atoms. The van der Waals surface area contributed by atoms with E-state index in [1.54, 1.807) is 0 Å². The quantitative estimate of drug-likeness (QED) is 0.153. The first-order chi connectivity index (χ1) is 33.7. The maximum absolute atomic E-state index is 5.42. The highest BCUT2D eigenvalue weighted by Gasteiger charge is 2.25. The van der Waals surface area contributed by atoms with Gasteiger partial charge in [-0.05, 0) is 63.2 Å². The standard InChI is InChI=1S/C63H41N5/c1-5-18-42(19-6-1)44-32-36-48(37-33-44)61-64-62(49-38-34-45(35-39-49)43-20-7-2-8-21-43)66-63(65-61)68-54-29-15-13-26-51(54)52-40-41-57-59(60(52)68)53-27-14-16-30-55(53)67(57)56-31-17-28-50(46-22-9-3-10-23-46)58(56)47-24-11-4-12-25-47/h1-41H. The molecule has 0 fully saturated rings. The molecule has 0 unspecified atom stereocenters. The molecule has 0 aliphatic heterocycles. The number of fused-ring (bicyclic) bond motifs is 7. The van der Waals surface area contributed by atoms with Crippen LogP contribution in [0.25, 0.3) is 123 Å². The van der Waals surface area contributed by atoms with Gasteiger partial charge in [-0.3, -0.25) is 4.57 Å². The Kier molecular flexibility index (Phi) is 9.43. The molecule has 5 nitrogen and oxygen atoms in total. The molecule has 10 aromatic carbocycles. The van der Waals surface area contributed by atoms with E-state index in [9.17, 15) is 0 Å². The molecule has 5 heteroatoms. The van der Waals surface area contributed by atoms with Gasteiger partial charge in [0.05, 0.1) is 27.8 Å². The van der Waals surface area contributed by atoms with E-state index in [4.69, 9.17) is 15.0 Å². The first kappa shape index (κ1) is 39.2. The van der Waals surface area contributed by atoms with E-state index in [-0.39, 0.29) is 0 Å². The van der Waals surface area contributed by atoms with Crippen molar-refractivity contribution in [3.05, 3.63) is 249 Å². The van der Waals surface area contributed by atoms with Gasteiger partial charge >= 0.3 is 0 Å². The SMILES string of the molecule is c1ccc(-c2ccc(-c3nc(-c4ccc(-c5ccccc5)cc4)nc(-n4c5ccccc5c5ccc6c(c7ccccc7n6-c6cccc(-c7ccccc7)c6-c6ccccc6)c54)n3)cc2)cc1. The second-order valence-electron chi connectivity index (χ2n) is 17.2. The van der Waals surface area contributed by atoms with Crippen molar-refractivity contribution in [2.75, 3.05) is 0 Å². The van der Waals surface area contributed by atoms with E-state index in [2.05, 4.69) is 246 Å². The van der Waals surface area contributed by atoms with Gasteiger partial charge in [0, 0.05) is 38.2 Å². The minimum absolute atomic E-state index is 0.552. The van der Waals surface area contributed by atoms with Gasteiger partial charge in [-0.2, -0.15) is 9.97 Å². The van der Waals surface area contributed by atoms with Crippen LogP contribution in [0.3, 0.4) is 0 Å². The molecule has 13 rings (SSSR count). The Morgan fingerprint density at radius 2 is 0.721 bits per heavy atom. The van der Waals surface area contributed by atoms with Crippen LogP contribution in [-0.4, -0.2) is 24.1 Å². The molecule has 0 radical (unpaired) electrons. The minimum Gasteiger partial charge on any atom is -0.309 e. The van der Waals surface area contributed by atoms with E-state index in [0.29, 0.717) is 17.6 Å². The Hall–Kier alpha value is -9.19. The number of aromatic nitrogens is 5. The molecule has 0 saturated carbocycles. The third-order valence-corrected chi connectivity index (χ3v) is 13.2. The number of benzene rings is 10. The van der Waals surface area contributed by atoms with Gasteiger partial charge in [-0.25, -0.2) is 4.98 Å². The van der Waals surface area contributed by atoms with Gasteiger partial charge in [0.25, 0.3) is 0 Å². The van der Waals surface area contributed by atoms with Gasteiger partial charge in [-0.15, -0.1) is 0 Å². The van der Waals surface area contributed by atoms with E-state index < -0.39 is 0 Å². The topological polar surface area (TPSA) is 48.5 Å². The molecule has 68 heavy (non-hydrogen) atoms. The van der Waals surface area contributed by atoms with Gasteiger partial charge < -0.3 is 4.57 Å². The van der Waals surface area contributed by atoms with Crippen LogP contribution in [0, 0.1) is 0 Å². The fourth-order valence-electron chi connectivity index (χ4n) is 10.1. The number of nitrogens with zero attached hydrogens (tertiary/aromatic N) is 5. The molecule has 318 valence electrons. The molecule has 3 aromatic heterocycles. The lowest BCUT2D eigenvalue weighted by atomic mass is 9.93. The molecular weight excluding hydrogens is 827 g/mol. The maximum Gasteiger partial charge on any atom is 0.238 e. The van der Waals surface area contributed by atoms with Crippen molar-refractivity contribution in [2.24, 2.45) is 0 Å². The van der Waals surface area contributed by atoms with E-state index in [0.717, 1.165) is 88.2 Å². The summed E-state index contributed by atoms with van der Waals surface area (Å²) in [4.78, 5) is 16.1. The fourth-order valence-corrected chi connectivity index (χ4v) is 10.1. The first-order valence-corrected chi connectivity index (χ1v) is 23.0. The van der Waals surface area contributed by atoms with Gasteiger partial charge in [0.15, 0.2) is 11.6 Å². The normalized spacial score (nSPS) is 11.5. The summed E-state index contributed by atoms with van der Waals surface area (Å²) in [6.45, 7) is 0. The zero-order valence-electron chi connectivity index (χ0n) is 36.9. The van der Waals surface area contributed by atoms with Crippen LogP contribution >= 0.6 is 0 Å². The van der Waals surface area contributed by atoms with Crippen LogP contribution in [0.4, 0.5) is 0 Å². The molecule has 0 aliphatic carbocycles. The number of para-hydroxylation sites is 2. The second kappa shape index (κ2) is 16.4. The Morgan fingerprint density at radius 1 is 0.265 bits per heavy atom. The van der Waals surface area contributed by atoms with Crippen LogP contribution in [0.15, 0.2) is 249 Å². The van der Waals surface area contributed by atoms with Crippen molar-refractivity contribution in [3.63, 3.8) is 0 Å². The van der Waals surface area contributed by atoms with Crippen molar-refractivity contribution >= 4 is 43.6 Å². The first-order valence-electron chi connectivity index (χ1n) is 23.0. The number of rotatable bonds is 8. The fraction of sp³-hybridized carbons (Fsp3) is 0. The average molecular weight is 868 g/mol. The average Bonchev–Trinajstić information content (AvgIpc) is 3.95. The smallest absolute Gasteiger partial charge is 0.238 e. The molecular formula is C63H41N5. The summed E-state index contributed by atoms with van der Waals surface area (Å²) in [6.07, 6.45) is 0. The molecule has 0 aliphatic rings. The van der Waals surface area contributed by atoms with E-state index in [1.165, 1.54) is 16.7 Å². The Labute approximate surface area is 393 Å². The van der Waals surface area contributed by atoms with Crippen molar-refractivity contribution in [2.45, 2.75) is 0 Å². The van der Waals surface area contributed by atoms with Crippen LogP contribution < -0.4 is 0 Å². The van der Waals surface area contributed by atoms with E-state index >= 15 is 0 Å². The predicted molar refractivity (Wildman–Crippen MR) is 281 cm³/mol. The third kappa shape index (κ3) is 6.59. The molecule has 13 aromatic rings. The summed E-state index contributed by atoms with van der Waals surface area (Å²) in [5.74, 6) is 1.75. The Bertz CT molecular complexity index is 3870. The van der Waals surface area contributed by atoms with Crippen LogP contribution in [0.5, 0.6) is 0 Å². The second-order valence-corrected chi connectivity index (χ2v) is 17.2. The monoisotopic (exact) mass is 867 g/mol. The zero-order valence-corrected chi connectivity index (χ0v) is 36.9. The van der Waals surface area contributed by atoms with Crippen LogP contribution in [0.1, 0.15) is 0 Å². The Balaban J connectivity index is 1.09. The van der Waals surface area contributed by atoms with Crippen molar-refractivity contribution in [3.8, 4) is 78.9 Å². The van der Waals surface area contributed by atoms with Gasteiger partial charge in [0.1, 0.15) is 0 Å². The summed E-state index contributed by atoms with van der Waals surface area (Å²) in [5.41, 5.74) is 16.4. The third-order valence-electron chi connectivity index (χ3n) is 13.2. The minimum atomic E-state index is 0.552. The summed E-state index contributed by atoms with van der Waals surface area (Å²) < 4.78 is 4.72. The number of hydrogen-bond acceptors (Lipinski definition) is 3. The van der Waals surface area contributed by atoms with E-state index in [1.807, 2.05) is 12.1 Å². The Morgan fingerprint density at radius 3 is 1.29 bits per heavy atom. The molecule has 0 bridgehead atoms. The zero-order chi connectivity index (χ0) is 45.0. The lowest BCUT2D eigenvalue weighted by Gasteiger charge is -2.18. The van der Waals surface area contributed by atoms with Crippen molar-refractivity contribution in [1.29, 1.82) is 0 Å². The summed E-state index contributed by atoms with van der Waals surface area (Å²) in [7, 11) is 0. The lowest BCUT2D eigenvalue weighted by molar-refractivity contribution is 0.955.